The van der Waals surface area contributed by atoms with Crippen molar-refractivity contribution in [2.75, 3.05) is 0 Å². The van der Waals surface area contributed by atoms with Crippen LogP contribution in [0.2, 0.25) is 21.3 Å². The molecule has 4 heteroatoms. The normalized spacial score (nSPS) is 16.0. The number of rotatable bonds is 0. The minimum absolute atomic E-state index is 0.589. The molecule has 0 bridgehead atoms. The molecule has 1 aliphatic heterocycles. The molecular formula is C26H24Se4. The summed E-state index contributed by atoms with van der Waals surface area (Å²) in [5, 5.41) is 11.6. The summed E-state index contributed by atoms with van der Waals surface area (Å²) in [4.78, 5) is 0. The second-order valence-corrected chi connectivity index (χ2v) is 16.9. The van der Waals surface area contributed by atoms with Crippen LogP contribution in [0.5, 0.6) is 0 Å². The van der Waals surface area contributed by atoms with Gasteiger partial charge < -0.3 is 0 Å². The van der Waals surface area contributed by atoms with Gasteiger partial charge in [0, 0.05) is 0 Å². The first-order valence-corrected chi connectivity index (χ1v) is 18.7. The first kappa shape index (κ1) is 21.3. The third-order valence-electron chi connectivity index (χ3n) is 5.26. The van der Waals surface area contributed by atoms with Gasteiger partial charge in [-0.25, -0.2) is 0 Å². The molecule has 0 N–H and O–H groups in total. The minimum atomic E-state index is 0.589. The van der Waals surface area contributed by atoms with Gasteiger partial charge in [-0.1, -0.05) is 0 Å². The zero-order valence-corrected chi connectivity index (χ0v) is 23.7. The van der Waals surface area contributed by atoms with E-state index >= 15 is 0 Å². The third-order valence-corrected chi connectivity index (χ3v) is 14.9. The zero-order chi connectivity index (χ0) is 20.2. The van der Waals surface area contributed by atoms with Gasteiger partial charge in [-0.05, 0) is 0 Å². The first-order valence-electron chi connectivity index (χ1n) is 10.4. The Morgan fingerprint density at radius 3 is 1.00 bits per heavy atom. The molecule has 0 spiro atoms. The molecular weight excluding hydrogens is 628 g/mol. The van der Waals surface area contributed by atoms with E-state index in [1.165, 1.54) is 44.9 Å². The van der Waals surface area contributed by atoms with E-state index in [1.54, 1.807) is 28.6 Å². The van der Waals surface area contributed by atoms with Crippen LogP contribution in [-0.4, -0.2) is 59.8 Å². The van der Waals surface area contributed by atoms with Crippen LogP contribution in [0, 0.1) is 0 Å². The fourth-order valence-electron chi connectivity index (χ4n) is 3.87. The molecule has 1 aliphatic rings. The molecule has 5 rings (SSSR count). The van der Waals surface area contributed by atoms with Gasteiger partial charge in [0.1, 0.15) is 0 Å². The van der Waals surface area contributed by atoms with Gasteiger partial charge >= 0.3 is 206 Å². The van der Waals surface area contributed by atoms with E-state index in [1.807, 2.05) is 0 Å². The van der Waals surface area contributed by atoms with Crippen LogP contribution in [0.1, 0.15) is 12.8 Å². The number of hydrogen-bond donors (Lipinski definition) is 0. The van der Waals surface area contributed by atoms with E-state index in [4.69, 9.17) is 0 Å². The maximum absolute atomic E-state index is 2.41. The van der Waals surface area contributed by atoms with Crippen molar-refractivity contribution in [1.82, 2.24) is 0 Å². The maximum atomic E-state index is 2.41. The van der Waals surface area contributed by atoms with Crippen molar-refractivity contribution in [3.63, 3.8) is 0 Å². The fourth-order valence-corrected chi connectivity index (χ4v) is 15.2. The Hall–Kier alpha value is -0.522. The van der Waals surface area contributed by atoms with Crippen LogP contribution in [0.4, 0.5) is 0 Å². The summed E-state index contributed by atoms with van der Waals surface area (Å²) in [6, 6.07) is 28.0. The first-order chi connectivity index (χ1) is 14.9. The van der Waals surface area contributed by atoms with Crippen molar-refractivity contribution in [2.45, 2.75) is 34.1 Å². The predicted octanol–water partition coefficient (Wildman–Crippen LogP) is 3.48. The summed E-state index contributed by atoms with van der Waals surface area (Å²) in [5.41, 5.74) is 0. The van der Waals surface area contributed by atoms with Crippen molar-refractivity contribution in [2.24, 2.45) is 0 Å². The van der Waals surface area contributed by atoms with Gasteiger partial charge in [-0.2, -0.15) is 0 Å². The average Bonchev–Trinajstić information content (AvgIpc) is 2.78. The Balaban J connectivity index is 1.44. The Morgan fingerprint density at radius 1 is 0.400 bits per heavy atom. The molecule has 0 radical (unpaired) electrons. The molecule has 30 heavy (non-hydrogen) atoms. The summed E-state index contributed by atoms with van der Waals surface area (Å²) in [6.45, 7) is 0. The Bertz CT molecular complexity index is 993. The molecule has 0 nitrogen and oxygen atoms in total. The summed E-state index contributed by atoms with van der Waals surface area (Å²) < 4.78 is 6.59. The molecule has 0 fully saturated rings. The molecule has 0 amide bonds. The van der Waals surface area contributed by atoms with Crippen LogP contribution in [0.3, 0.4) is 0 Å². The summed E-state index contributed by atoms with van der Waals surface area (Å²) in [6.07, 6.45) is 2.74. The van der Waals surface area contributed by atoms with Crippen molar-refractivity contribution in [3.05, 3.63) is 72.8 Å². The van der Waals surface area contributed by atoms with E-state index in [9.17, 15) is 0 Å². The molecule has 4 aromatic carbocycles. The molecule has 0 saturated carbocycles. The van der Waals surface area contributed by atoms with Gasteiger partial charge in [0.05, 0.1) is 0 Å². The van der Waals surface area contributed by atoms with Crippen LogP contribution in [-0.2, 0) is 0 Å². The van der Waals surface area contributed by atoms with Crippen LogP contribution >= 0.6 is 0 Å². The molecule has 0 saturated heterocycles. The van der Waals surface area contributed by atoms with Gasteiger partial charge in [-0.3, -0.25) is 0 Å². The molecule has 4 aromatic rings. The fraction of sp³-hybridized carbons (Fsp3) is 0.231. The van der Waals surface area contributed by atoms with E-state index in [-0.39, 0.29) is 0 Å². The SMILES string of the molecule is c1cc2c3c(cccc3c1)[Se]CCC[Se]c1cccc3cccc(c13)[Se]CCC[Se]2. The number of benzene rings is 4. The van der Waals surface area contributed by atoms with E-state index in [0.717, 1.165) is 0 Å². The molecule has 1 heterocycles. The van der Waals surface area contributed by atoms with Crippen LogP contribution in [0.25, 0.3) is 21.5 Å². The molecule has 152 valence electrons. The van der Waals surface area contributed by atoms with Crippen LogP contribution < -0.4 is 17.8 Å². The van der Waals surface area contributed by atoms with Gasteiger partial charge in [0.25, 0.3) is 0 Å². The van der Waals surface area contributed by atoms with Crippen molar-refractivity contribution in [1.29, 1.82) is 0 Å². The van der Waals surface area contributed by atoms with Gasteiger partial charge in [0.2, 0.25) is 0 Å². The Morgan fingerprint density at radius 2 is 0.700 bits per heavy atom. The van der Waals surface area contributed by atoms with Crippen LogP contribution in [0.15, 0.2) is 72.8 Å². The van der Waals surface area contributed by atoms with Crippen molar-refractivity contribution in [3.8, 4) is 0 Å². The zero-order valence-electron chi connectivity index (χ0n) is 16.8. The molecule has 0 unspecified atom stereocenters. The quantitative estimate of drug-likeness (QED) is 0.256. The van der Waals surface area contributed by atoms with Gasteiger partial charge in [-0.15, -0.1) is 0 Å². The standard InChI is InChI=1S/C26H24Se4/c1-7-19-8-2-12-22-25(19)21(11-1)27-15-5-16-29-23-13-3-9-20-10-4-14-24(26(20)23)30-18-6-17-28-22/h1-4,7-14H,5-6,15-18H2. The third kappa shape index (κ3) is 4.78. The van der Waals surface area contributed by atoms with Gasteiger partial charge in [0.15, 0.2) is 0 Å². The van der Waals surface area contributed by atoms with E-state index in [0.29, 0.717) is 59.8 Å². The van der Waals surface area contributed by atoms with Crippen molar-refractivity contribution >= 4 is 99.2 Å². The average molecular weight is 652 g/mol. The monoisotopic (exact) mass is 656 g/mol. The molecule has 0 aliphatic carbocycles. The van der Waals surface area contributed by atoms with Crippen molar-refractivity contribution < 1.29 is 0 Å². The Kier molecular flexibility index (Phi) is 7.39. The predicted molar refractivity (Wildman–Crippen MR) is 138 cm³/mol. The molecule has 0 atom stereocenters. The molecule has 0 aromatic heterocycles. The second kappa shape index (κ2) is 10.4. The Labute approximate surface area is 204 Å². The second-order valence-electron chi connectivity index (χ2n) is 7.32. The summed E-state index contributed by atoms with van der Waals surface area (Å²) in [5.74, 6) is 0. The summed E-state index contributed by atoms with van der Waals surface area (Å²) in [7, 11) is 0. The van der Waals surface area contributed by atoms with E-state index in [2.05, 4.69) is 72.8 Å². The number of hydrogen-bond acceptors (Lipinski definition) is 0. The van der Waals surface area contributed by atoms with E-state index < -0.39 is 0 Å². The summed E-state index contributed by atoms with van der Waals surface area (Å²) >= 11 is 2.36. The topological polar surface area (TPSA) is 0 Å².